The van der Waals surface area contributed by atoms with Crippen LogP contribution in [0.15, 0.2) is 78.9 Å². The lowest BCUT2D eigenvalue weighted by Gasteiger charge is -2.28. The summed E-state index contributed by atoms with van der Waals surface area (Å²) < 4.78 is 1.50. The number of hydrogen-bond acceptors (Lipinski definition) is 4. The first-order valence-electron chi connectivity index (χ1n) is 11.3. The molecule has 4 aromatic rings. The van der Waals surface area contributed by atoms with Crippen molar-refractivity contribution in [1.29, 1.82) is 0 Å². The van der Waals surface area contributed by atoms with Crippen LogP contribution in [0.2, 0.25) is 5.02 Å². The molecule has 0 unspecified atom stereocenters. The van der Waals surface area contributed by atoms with Gasteiger partial charge in [-0.1, -0.05) is 60.1 Å². The Morgan fingerprint density at radius 2 is 1.71 bits per heavy atom. The first kappa shape index (κ1) is 22.8. The van der Waals surface area contributed by atoms with Gasteiger partial charge < -0.3 is 15.3 Å². The molecule has 0 saturated carbocycles. The van der Waals surface area contributed by atoms with E-state index in [0.29, 0.717) is 52.7 Å². The fourth-order valence-corrected chi connectivity index (χ4v) is 4.45. The molecule has 0 bridgehead atoms. The maximum absolute atomic E-state index is 13.7. The van der Waals surface area contributed by atoms with Crippen LogP contribution in [-0.4, -0.2) is 33.2 Å². The molecular formula is C27H23ClN4O3. The van der Waals surface area contributed by atoms with Crippen LogP contribution in [0.1, 0.15) is 37.7 Å². The highest BCUT2D eigenvalue weighted by Gasteiger charge is 2.35. The number of aliphatic hydroxyl groups excluding tert-OH is 1. The average molecular weight is 487 g/mol. The summed E-state index contributed by atoms with van der Waals surface area (Å²) in [5, 5.41) is 17.5. The van der Waals surface area contributed by atoms with Gasteiger partial charge in [0.05, 0.1) is 12.3 Å². The molecule has 1 aliphatic heterocycles. The van der Waals surface area contributed by atoms with Gasteiger partial charge in [-0.3, -0.25) is 9.59 Å². The van der Waals surface area contributed by atoms with Gasteiger partial charge in [0.15, 0.2) is 5.69 Å². The number of rotatable bonds is 6. The predicted octanol–water partition coefficient (Wildman–Crippen LogP) is 4.15. The standard InChI is InChI=1S/C27H23ClN4O3/c28-20-9-5-11-22(15-20)32-25-23(24(30-32)26(34)29-16-18-6-2-1-3-7-18)12-13-31(27(25)35)21-10-4-8-19(14-21)17-33/h1-11,14-15,33H,12-13,16-17H2,(H,29,34). The van der Waals surface area contributed by atoms with Crippen LogP contribution in [0, 0.1) is 0 Å². The molecule has 176 valence electrons. The Balaban J connectivity index is 1.54. The summed E-state index contributed by atoms with van der Waals surface area (Å²) in [5.74, 6) is -0.606. The molecule has 35 heavy (non-hydrogen) atoms. The summed E-state index contributed by atoms with van der Waals surface area (Å²) >= 11 is 6.22. The lowest BCUT2D eigenvalue weighted by atomic mass is 10.0. The summed E-state index contributed by atoms with van der Waals surface area (Å²) in [6.07, 6.45) is 0.457. The molecule has 2 N–H and O–H groups in total. The molecule has 8 heteroatoms. The van der Waals surface area contributed by atoms with Gasteiger partial charge in [0.1, 0.15) is 5.69 Å². The van der Waals surface area contributed by atoms with Crippen molar-refractivity contribution in [2.24, 2.45) is 0 Å². The number of carbonyl (C=O) groups is 2. The van der Waals surface area contributed by atoms with Crippen LogP contribution in [-0.2, 0) is 19.6 Å². The SMILES string of the molecule is O=C(NCc1ccccc1)c1nn(-c2cccc(Cl)c2)c2c1CCN(c1cccc(CO)c1)C2=O. The molecule has 0 spiro atoms. The third-order valence-corrected chi connectivity index (χ3v) is 6.22. The van der Waals surface area contributed by atoms with Gasteiger partial charge in [-0.25, -0.2) is 4.68 Å². The number of amides is 2. The van der Waals surface area contributed by atoms with Crippen molar-refractivity contribution < 1.29 is 14.7 Å². The molecule has 7 nitrogen and oxygen atoms in total. The molecule has 1 aliphatic rings. The maximum Gasteiger partial charge on any atom is 0.277 e. The fraction of sp³-hybridized carbons (Fsp3) is 0.148. The molecule has 2 heterocycles. The lowest BCUT2D eigenvalue weighted by molar-refractivity contribution is 0.0944. The number of anilines is 1. The second-order valence-electron chi connectivity index (χ2n) is 8.27. The van der Waals surface area contributed by atoms with Gasteiger partial charge >= 0.3 is 0 Å². The second-order valence-corrected chi connectivity index (χ2v) is 8.71. The van der Waals surface area contributed by atoms with Crippen molar-refractivity contribution in [3.63, 3.8) is 0 Å². The Bertz CT molecular complexity index is 1400. The van der Waals surface area contributed by atoms with Crippen LogP contribution >= 0.6 is 11.6 Å². The summed E-state index contributed by atoms with van der Waals surface area (Å²) in [6, 6.07) is 23.8. The number of aromatic nitrogens is 2. The van der Waals surface area contributed by atoms with E-state index in [2.05, 4.69) is 10.4 Å². The van der Waals surface area contributed by atoms with E-state index < -0.39 is 0 Å². The maximum atomic E-state index is 13.7. The van der Waals surface area contributed by atoms with Crippen LogP contribution in [0.25, 0.3) is 5.69 Å². The van der Waals surface area contributed by atoms with Crippen molar-refractivity contribution in [2.75, 3.05) is 11.4 Å². The summed E-state index contributed by atoms with van der Waals surface area (Å²) in [4.78, 5) is 28.6. The van der Waals surface area contributed by atoms with E-state index in [4.69, 9.17) is 11.6 Å². The van der Waals surface area contributed by atoms with Crippen molar-refractivity contribution in [3.05, 3.63) is 112 Å². The third kappa shape index (κ3) is 4.56. The van der Waals surface area contributed by atoms with Crippen molar-refractivity contribution in [1.82, 2.24) is 15.1 Å². The van der Waals surface area contributed by atoms with E-state index in [0.717, 1.165) is 5.56 Å². The quantitative estimate of drug-likeness (QED) is 0.428. The molecule has 3 aromatic carbocycles. The molecule has 0 saturated heterocycles. The molecule has 0 atom stereocenters. The van der Waals surface area contributed by atoms with Gasteiger partial charge in [0.2, 0.25) is 0 Å². The van der Waals surface area contributed by atoms with Crippen molar-refractivity contribution in [3.8, 4) is 5.69 Å². The monoisotopic (exact) mass is 486 g/mol. The number of halogens is 1. The van der Waals surface area contributed by atoms with Gasteiger partial charge in [0.25, 0.3) is 11.8 Å². The van der Waals surface area contributed by atoms with Crippen LogP contribution in [0.3, 0.4) is 0 Å². The number of nitrogens with one attached hydrogen (secondary N) is 1. The van der Waals surface area contributed by atoms with Crippen molar-refractivity contribution in [2.45, 2.75) is 19.6 Å². The summed E-state index contributed by atoms with van der Waals surface area (Å²) in [7, 11) is 0. The highest BCUT2D eigenvalue weighted by molar-refractivity contribution is 6.30. The highest BCUT2D eigenvalue weighted by Crippen LogP contribution is 2.30. The summed E-state index contributed by atoms with van der Waals surface area (Å²) in [5.41, 5.74) is 4.12. The van der Waals surface area contributed by atoms with Gasteiger partial charge in [-0.05, 0) is 47.9 Å². The van der Waals surface area contributed by atoms with Crippen molar-refractivity contribution >= 4 is 29.1 Å². The van der Waals surface area contributed by atoms with E-state index in [1.807, 2.05) is 36.4 Å². The zero-order valence-electron chi connectivity index (χ0n) is 18.8. The predicted molar refractivity (Wildman–Crippen MR) is 134 cm³/mol. The minimum Gasteiger partial charge on any atom is -0.392 e. The molecule has 1 aromatic heterocycles. The minimum absolute atomic E-state index is 0.118. The highest BCUT2D eigenvalue weighted by atomic mass is 35.5. The number of hydrogen-bond donors (Lipinski definition) is 2. The number of fused-ring (bicyclic) bond motifs is 1. The normalized spacial score (nSPS) is 13.0. The lowest BCUT2D eigenvalue weighted by Crippen LogP contribution is -2.39. The average Bonchev–Trinajstić information content (AvgIpc) is 3.29. The number of benzene rings is 3. The van der Waals surface area contributed by atoms with E-state index in [9.17, 15) is 14.7 Å². The summed E-state index contributed by atoms with van der Waals surface area (Å²) in [6.45, 7) is 0.626. The van der Waals surface area contributed by atoms with Gasteiger partial charge in [0, 0.05) is 29.4 Å². The largest absolute Gasteiger partial charge is 0.392 e. The number of aliphatic hydroxyl groups is 1. The van der Waals surface area contributed by atoms with Gasteiger partial charge in [-0.2, -0.15) is 5.10 Å². The van der Waals surface area contributed by atoms with E-state index in [-0.39, 0.29) is 24.1 Å². The van der Waals surface area contributed by atoms with E-state index in [1.54, 1.807) is 47.4 Å². The zero-order chi connectivity index (χ0) is 24.4. The van der Waals surface area contributed by atoms with Crippen LogP contribution in [0.5, 0.6) is 0 Å². The fourth-order valence-electron chi connectivity index (χ4n) is 4.27. The molecule has 0 fully saturated rings. The minimum atomic E-state index is -0.339. The Kier molecular flexibility index (Phi) is 6.35. The molecule has 0 radical (unpaired) electrons. The van der Waals surface area contributed by atoms with Crippen LogP contribution < -0.4 is 10.2 Å². The zero-order valence-corrected chi connectivity index (χ0v) is 19.6. The molecular weight excluding hydrogens is 464 g/mol. The second kappa shape index (κ2) is 9.74. The first-order valence-corrected chi connectivity index (χ1v) is 11.6. The molecule has 2 amide bonds. The molecule has 5 rings (SSSR count). The Morgan fingerprint density at radius 3 is 2.49 bits per heavy atom. The van der Waals surface area contributed by atoms with E-state index >= 15 is 0 Å². The van der Waals surface area contributed by atoms with Crippen LogP contribution in [0.4, 0.5) is 5.69 Å². The van der Waals surface area contributed by atoms with E-state index in [1.165, 1.54) is 4.68 Å². The first-order chi connectivity index (χ1) is 17.0. The number of nitrogens with zero attached hydrogens (tertiary/aromatic N) is 3. The Labute approximate surface area is 207 Å². The Hall–Kier alpha value is -3.94. The van der Waals surface area contributed by atoms with Gasteiger partial charge in [-0.15, -0.1) is 0 Å². The number of carbonyl (C=O) groups excluding carboxylic acids is 2. The molecule has 0 aliphatic carbocycles. The topological polar surface area (TPSA) is 87.5 Å². The smallest absolute Gasteiger partial charge is 0.277 e. The third-order valence-electron chi connectivity index (χ3n) is 5.99. The Morgan fingerprint density at radius 1 is 0.971 bits per heavy atom.